The molecule has 6 heteroatoms. The maximum atomic E-state index is 12.9. The van der Waals surface area contributed by atoms with Crippen LogP contribution in [0.1, 0.15) is 57.8 Å². The van der Waals surface area contributed by atoms with Gasteiger partial charge in [0.25, 0.3) is 0 Å². The van der Waals surface area contributed by atoms with Crippen LogP contribution < -0.4 is 0 Å². The average molecular weight is 288 g/mol. The van der Waals surface area contributed by atoms with Gasteiger partial charge in [-0.05, 0) is 43.9 Å². The summed E-state index contributed by atoms with van der Waals surface area (Å²) in [4.78, 5) is 0. The minimum atomic E-state index is -5.19. The Morgan fingerprint density at radius 2 is 0.947 bits per heavy atom. The second-order valence-electron chi connectivity index (χ2n) is 6.14. The van der Waals surface area contributed by atoms with E-state index in [1.54, 1.807) is 0 Å². The lowest BCUT2D eigenvalue weighted by Crippen LogP contribution is -2.53. The first-order valence-electron chi connectivity index (χ1n) is 6.76. The van der Waals surface area contributed by atoms with Gasteiger partial charge in [-0.15, -0.1) is 0 Å². The number of alkyl halides is 6. The zero-order valence-electron chi connectivity index (χ0n) is 10.6. The molecule has 2 rings (SSSR count). The van der Waals surface area contributed by atoms with E-state index in [2.05, 4.69) is 0 Å². The quantitative estimate of drug-likeness (QED) is 0.507. The summed E-state index contributed by atoms with van der Waals surface area (Å²) in [6.07, 6.45) is -7.35. The van der Waals surface area contributed by atoms with E-state index in [1.165, 1.54) is 0 Å². The molecule has 0 heterocycles. The van der Waals surface area contributed by atoms with Crippen LogP contribution in [0, 0.1) is 10.8 Å². The van der Waals surface area contributed by atoms with Crippen LogP contribution in [0.3, 0.4) is 0 Å². The third kappa shape index (κ3) is 2.47. The molecule has 0 nitrogen and oxygen atoms in total. The number of rotatable bonds is 0. The van der Waals surface area contributed by atoms with Gasteiger partial charge in [-0.3, -0.25) is 0 Å². The lowest BCUT2D eigenvalue weighted by atomic mass is 9.58. The molecule has 2 aliphatic rings. The van der Waals surface area contributed by atoms with Crippen LogP contribution in [0.4, 0.5) is 26.3 Å². The second-order valence-corrected chi connectivity index (χ2v) is 6.14. The second kappa shape index (κ2) is 4.55. The van der Waals surface area contributed by atoms with Crippen molar-refractivity contribution in [3.8, 4) is 0 Å². The average Bonchev–Trinajstić information content (AvgIpc) is 2.28. The van der Waals surface area contributed by atoms with Gasteiger partial charge in [-0.2, -0.15) is 26.3 Å². The molecule has 0 unspecified atom stereocenters. The first kappa shape index (κ1) is 15.0. The Hall–Kier alpha value is -0.420. The van der Waals surface area contributed by atoms with Gasteiger partial charge in [0, 0.05) is 0 Å². The molecular formula is C13H18F6. The molecule has 0 amide bonds. The largest absolute Gasteiger partial charge is 0.403 e. The lowest BCUT2D eigenvalue weighted by molar-refractivity contribution is -0.354. The van der Waals surface area contributed by atoms with Crippen LogP contribution in [-0.2, 0) is 0 Å². The summed E-state index contributed by atoms with van der Waals surface area (Å²) in [5.41, 5.74) is -3.72. The summed E-state index contributed by atoms with van der Waals surface area (Å²) in [6, 6.07) is 0. The highest BCUT2D eigenvalue weighted by atomic mass is 19.4. The fraction of sp³-hybridized carbons (Fsp3) is 1.00. The van der Waals surface area contributed by atoms with E-state index in [0.29, 0.717) is 0 Å². The molecule has 0 aliphatic heterocycles. The number of hydrogen-bond acceptors (Lipinski definition) is 0. The van der Waals surface area contributed by atoms with Gasteiger partial charge in [0.15, 0.2) is 5.41 Å². The van der Waals surface area contributed by atoms with Crippen LogP contribution in [-0.4, -0.2) is 12.4 Å². The molecule has 0 aromatic rings. The standard InChI is InChI=1S/C13H18F6/c14-12(15,16)11(13(17,18)19)8-6-10(7-9-11)4-2-1-3-5-10/h1-9H2. The molecule has 0 bridgehead atoms. The van der Waals surface area contributed by atoms with Crippen LogP contribution in [0.5, 0.6) is 0 Å². The molecule has 112 valence electrons. The van der Waals surface area contributed by atoms with Gasteiger partial charge in [0.05, 0.1) is 0 Å². The Balaban J connectivity index is 2.18. The Kier molecular flexibility index (Phi) is 3.59. The summed E-state index contributed by atoms with van der Waals surface area (Å²) in [7, 11) is 0. The summed E-state index contributed by atoms with van der Waals surface area (Å²) >= 11 is 0. The van der Waals surface area contributed by atoms with Crippen LogP contribution in [0.2, 0.25) is 0 Å². The van der Waals surface area contributed by atoms with Gasteiger partial charge >= 0.3 is 12.4 Å². The van der Waals surface area contributed by atoms with Crippen molar-refractivity contribution >= 4 is 0 Å². The molecule has 2 aliphatic carbocycles. The zero-order chi connectivity index (χ0) is 14.4. The number of hydrogen-bond donors (Lipinski definition) is 0. The molecular weight excluding hydrogens is 270 g/mol. The smallest absolute Gasteiger partial charge is 0.170 e. The predicted molar refractivity (Wildman–Crippen MR) is 58.5 cm³/mol. The van der Waals surface area contributed by atoms with E-state index in [9.17, 15) is 26.3 Å². The van der Waals surface area contributed by atoms with Gasteiger partial charge in [-0.1, -0.05) is 19.3 Å². The Morgan fingerprint density at radius 3 is 1.32 bits per heavy atom. The molecule has 0 aromatic carbocycles. The monoisotopic (exact) mass is 288 g/mol. The number of halogens is 6. The Bertz CT molecular complexity index is 295. The topological polar surface area (TPSA) is 0 Å². The highest BCUT2D eigenvalue weighted by Crippen LogP contribution is 2.63. The molecule has 2 fully saturated rings. The van der Waals surface area contributed by atoms with Gasteiger partial charge < -0.3 is 0 Å². The van der Waals surface area contributed by atoms with Gasteiger partial charge in [0.2, 0.25) is 0 Å². The third-order valence-electron chi connectivity index (χ3n) is 5.16. The molecule has 0 aromatic heterocycles. The molecule has 0 radical (unpaired) electrons. The molecule has 0 atom stereocenters. The van der Waals surface area contributed by atoms with E-state index in [1.807, 2.05) is 0 Å². The van der Waals surface area contributed by atoms with E-state index in [0.717, 1.165) is 32.1 Å². The minimum Gasteiger partial charge on any atom is -0.170 e. The molecule has 0 saturated heterocycles. The molecule has 0 N–H and O–H groups in total. The maximum absolute atomic E-state index is 12.9. The SMILES string of the molecule is FC(F)(F)C1(C(F)(F)F)CCC2(CCCCC2)CC1. The van der Waals surface area contributed by atoms with E-state index >= 15 is 0 Å². The lowest BCUT2D eigenvalue weighted by Gasteiger charge is -2.49. The van der Waals surface area contributed by atoms with Crippen molar-refractivity contribution in [1.82, 2.24) is 0 Å². The molecule has 1 spiro atoms. The Labute approximate surface area is 108 Å². The van der Waals surface area contributed by atoms with E-state index in [-0.39, 0.29) is 18.3 Å². The predicted octanol–water partition coefficient (Wildman–Crippen LogP) is 5.62. The third-order valence-corrected chi connectivity index (χ3v) is 5.16. The van der Waals surface area contributed by atoms with Crippen molar-refractivity contribution < 1.29 is 26.3 Å². The molecule has 2 saturated carbocycles. The summed E-state index contributed by atoms with van der Waals surface area (Å²) in [5.74, 6) is 0. The van der Waals surface area contributed by atoms with Crippen molar-refractivity contribution in [1.29, 1.82) is 0 Å². The van der Waals surface area contributed by atoms with Crippen LogP contribution >= 0.6 is 0 Å². The van der Waals surface area contributed by atoms with Crippen molar-refractivity contribution in [2.24, 2.45) is 10.8 Å². The van der Waals surface area contributed by atoms with Crippen LogP contribution in [0.25, 0.3) is 0 Å². The van der Waals surface area contributed by atoms with Crippen molar-refractivity contribution in [2.75, 3.05) is 0 Å². The Morgan fingerprint density at radius 1 is 0.526 bits per heavy atom. The van der Waals surface area contributed by atoms with Crippen molar-refractivity contribution in [3.63, 3.8) is 0 Å². The minimum absolute atomic E-state index is 0.0615. The first-order valence-corrected chi connectivity index (χ1v) is 6.76. The molecule has 19 heavy (non-hydrogen) atoms. The summed E-state index contributed by atoms with van der Waals surface area (Å²) in [6.45, 7) is 0. The van der Waals surface area contributed by atoms with Crippen molar-refractivity contribution in [2.45, 2.75) is 70.1 Å². The van der Waals surface area contributed by atoms with E-state index < -0.39 is 30.6 Å². The summed E-state index contributed by atoms with van der Waals surface area (Å²) in [5, 5.41) is 0. The fourth-order valence-corrected chi connectivity index (χ4v) is 3.74. The fourth-order valence-electron chi connectivity index (χ4n) is 3.74. The van der Waals surface area contributed by atoms with Gasteiger partial charge in [-0.25, -0.2) is 0 Å². The highest BCUT2D eigenvalue weighted by molar-refractivity contribution is 5.01. The maximum Gasteiger partial charge on any atom is 0.403 e. The first-order chi connectivity index (χ1) is 8.62. The highest BCUT2D eigenvalue weighted by Gasteiger charge is 2.71. The van der Waals surface area contributed by atoms with Crippen molar-refractivity contribution in [3.05, 3.63) is 0 Å². The van der Waals surface area contributed by atoms with E-state index in [4.69, 9.17) is 0 Å². The van der Waals surface area contributed by atoms with Crippen LogP contribution in [0.15, 0.2) is 0 Å². The van der Waals surface area contributed by atoms with Gasteiger partial charge in [0.1, 0.15) is 0 Å². The summed E-state index contributed by atoms with van der Waals surface area (Å²) < 4.78 is 77.6. The normalized spacial score (nSPS) is 27.5. The zero-order valence-corrected chi connectivity index (χ0v) is 10.6.